The second kappa shape index (κ2) is 6.98. The van der Waals surface area contributed by atoms with Crippen molar-refractivity contribution in [2.45, 2.75) is 26.2 Å². The van der Waals surface area contributed by atoms with E-state index in [-0.39, 0.29) is 5.91 Å². The van der Waals surface area contributed by atoms with Gasteiger partial charge in [-0.15, -0.1) is 0 Å². The molecule has 3 heteroatoms. The first-order chi connectivity index (χ1) is 9.31. The summed E-state index contributed by atoms with van der Waals surface area (Å²) in [6, 6.07) is 7.82. The Morgan fingerprint density at radius 3 is 2.79 bits per heavy atom. The Morgan fingerprint density at radius 1 is 1.32 bits per heavy atom. The highest BCUT2D eigenvalue weighted by Crippen LogP contribution is 2.20. The van der Waals surface area contributed by atoms with Crippen LogP contribution < -0.4 is 4.74 Å². The molecule has 2 rings (SSSR count). The summed E-state index contributed by atoms with van der Waals surface area (Å²) in [5.41, 5.74) is 0.962. The van der Waals surface area contributed by atoms with Gasteiger partial charge >= 0.3 is 0 Å². The Bertz CT molecular complexity index is 448. The summed E-state index contributed by atoms with van der Waals surface area (Å²) in [6.07, 6.45) is 6.72. The molecule has 1 heterocycles. The molecule has 1 aromatic carbocycles. The number of carbonyl (C=O) groups excluding carboxylic acids is 1. The summed E-state index contributed by atoms with van der Waals surface area (Å²) in [7, 11) is 0. The summed E-state index contributed by atoms with van der Waals surface area (Å²) >= 11 is 0. The average Bonchev–Trinajstić information content (AvgIpc) is 2.97. The van der Waals surface area contributed by atoms with Gasteiger partial charge in [0.1, 0.15) is 5.75 Å². The van der Waals surface area contributed by atoms with Crippen LogP contribution in [0.5, 0.6) is 5.75 Å². The number of rotatable bonds is 5. The third-order valence-electron chi connectivity index (χ3n) is 3.20. The van der Waals surface area contributed by atoms with Crippen LogP contribution in [0.4, 0.5) is 0 Å². The Kier molecular flexibility index (Phi) is 5.01. The molecule has 0 radical (unpaired) electrons. The van der Waals surface area contributed by atoms with Crippen LogP contribution in [-0.4, -0.2) is 30.5 Å². The first kappa shape index (κ1) is 13.7. The predicted molar refractivity (Wildman–Crippen MR) is 77.1 cm³/mol. The van der Waals surface area contributed by atoms with E-state index in [1.165, 1.54) is 0 Å². The van der Waals surface area contributed by atoms with Gasteiger partial charge in [0.25, 0.3) is 0 Å². The third kappa shape index (κ3) is 3.85. The van der Waals surface area contributed by atoms with Crippen LogP contribution in [-0.2, 0) is 4.79 Å². The maximum atomic E-state index is 11.9. The third-order valence-corrected chi connectivity index (χ3v) is 3.20. The zero-order valence-corrected chi connectivity index (χ0v) is 11.5. The lowest BCUT2D eigenvalue weighted by Crippen LogP contribution is -2.25. The first-order valence-corrected chi connectivity index (χ1v) is 7.00. The van der Waals surface area contributed by atoms with Crippen LogP contribution >= 0.6 is 0 Å². The molecule has 0 aromatic heterocycles. The molecule has 1 saturated heterocycles. The number of para-hydroxylation sites is 1. The van der Waals surface area contributed by atoms with Crippen LogP contribution in [0.2, 0.25) is 0 Å². The number of carbonyl (C=O) groups is 1. The van der Waals surface area contributed by atoms with E-state index in [2.05, 4.69) is 6.92 Å². The van der Waals surface area contributed by atoms with Gasteiger partial charge in [0.05, 0.1) is 6.61 Å². The number of likely N-dealkylation sites (tertiary alicyclic amines) is 1. The van der Waals surface area contributed by atoms with Crippen molar-refractivity contribution in [3.05, 3.63) is 35.9 Å². The summed E-state index contributed by atoms with van der Waals surface area (Å²) in [6.45, 7) is 4.55. The van der Waals surface area contributed by atoms with Gasteiger partial charge in [0, 0.05) is 24.7 Å². The molecule has 1 aliphatic rings. The molecule has 0 unspecified atom stereocenters. The molecule has 19 heavy (non-hydrogen) atoms. The van der Waals surface area contributed by atoms with Crippen LogP contribution in [0, 0.1) is 0 Å². The maximum Gasteiger partial charge on any atom is 0.246 e. The zero-order valence-electron chi connectivity index (χ0n) is 11.5. The van der Waals surface area contributed by atoms with Gasteiger partial charge in [-0.25, -0.2) is 0 Å². The number of ether oxygens (including phenoxy) is 1. The number of benzene rings is 1. The molecule has 0 bridgehead atoms. The lowest BCUT2D eigenvalue weighted by atomic mass is 10.2. The standard InChI is InChI=1S/C16H21NO2/c1-2-13-19-15-8-4-3-7-14(15)9-10-16(18)17-11-5-6-12-17/h3-4,7-10H,2,5-6,11-13H2,1H3/b10-9+. The van der Waals surface area contributed by atoms with Crippen LogP contribution in [0.3, 0.4) is 0 Å². The Labute approximate surface area is 114 Å². The van der Waals surface area contributed by atoms with Gasteiger partial charge in [-0.1, -0.05) is 25.1 Å². The summed E-state index contributed by atoms with van der Waals surface area (Å²) in [5.74, 6) is 0.942. The van der Waals surface area contributed by atoms with E-state index in [0.717, 1.165) is 43.7 Å². The SMILES string of the molecule is CCCOc1ccccc1/C=C/C(=O)N1CCCC1. The number of hydrogen-bond donors (Lipinski definition) is 0. The Morgan fingerprint density at radius 2 is 2.05 bits per heavy atom. The van der Waals surface area contributed by atoms with Gasteiger partial charge in [-0.05, 0) is 31.4 Å². The fraction of sp³-hybridized carbons (Fsp3) is 0.438. The minimum atomic E-state index is 0.0998. The van der Waals surface area contributed by atoms with Crippen molar-refractivity contribution in [1.82, 2.24) is 4.90 Å². The van der Waals surface area contributed by atoms with E-state index in [9.17, 15) is 4.79 Å². The summed E-state index contributed by atoms with van der Waals surface area (Å²) in [4.78, 5) is 13.8. The minimum Gasteiger partial charge on any atom is -0.493 e. The van der Waals surface area contributed by atoms with E-state index < -0.39 is 0 Å². The molecule has 0 atom stereocenters. The molecule has 102 valence electrons. The molecule has 1 aromatic rings. The molecule has 3 nitrogen and oxygen atoms in total. The van der Waals surface area contributed by atoms with E-state index in [1.807, 2.05) is 35.2 Å². The Hall–Kier alpha value is -1.77. The lowest BCUT2D eigenvalue weighted by molar-refractivity contribution is -0.124. The fourth-order valence-electron chi connectivity index (χ4n) is 2.17. The fourth-order valence-corrected chi connectivity index (χ4v) is 2.17. The van der Waals surface area contributed by atoms with E-state index in [1.54, 1.807) is 6.08 Å². The highest BCUT2D eigenvalue weighted by molar-refractivity contribution is 5.92. The molecular weight excluding hydrogens is 238 g/mol. The first-order valence-electron chi connectivity index (χ1n) is 7.00. The smallest absolute Gasteiger partial charge is 0.246 e. The molecule has 1 amide bonds. The van der Waals surface area contributed by atoms with Gasteiger partial charge < -0.3 is 9.64 Å². The molecule has 1 aliphatic heterocycles. The monoisotopic (exact) mass is 259 g/mol. The normalized spacial score (nSPS) is 15.1. The second-order valence-electron chi connectivity index (χ2n) is 4.75. The summed E-state index contributed by atoms with van der Waals surface area (Å²) in [5, 5.41) is 0. The maximum absolute atomic E-state index is 11.9. The predicted octanol–water partition coefficient (Wildman–Crippen LogP) is 3.11. The molecule has 1 fully saturated rings. The van der Waals surface area contributed by atoms with Crippen molar-refractivity contribution in [2.75, 3.05) is 19.7 Å². The molecule has 0 saturated carbocycles. The molecule has 0 spiro atoms. The van der Waals surface area contributed by atoms with E-state index >= 15 is 0 Å². The minimum absolute atomic E-state index is 0.0998. The van der Waals surface area contributed by atoms with Crippen molar-refractivity contribution < 1.29 is 9.53 Å². The van der Waals surface area contributed by atoms with E-state index in [0.29, 0.717) is 6.61 Å². The van der Waals surface area contributed by atoms with Crippen molar-refractivity contribution in [2.24, 2.45) is 0 Å². The largest absolute Gasteiger partial charge is 0.493 e. The molecular formula is C16H21NO2. The van der Waals surface area contributed by atoms with Crippen LogP contribution in [0.25, 0.3) is 6.08 Å². The van der Waals surface area contributed by atoms with Gasteiger partial charge in [0.15, 0.2) is 0 Å². The molecule has 0 aliphatic carbocycles. The van der Waals surface area contributed by atoms with Gasteiger partial charge in [-0.3, -0.25) is 4.79 Å². The number of nitrogens with zero attached hydrogens (tertiary/aromatic N) is 1. The Balaban J connectivity index is 2.02. The van der Waals surface area contributed by atoms with Crippen molar-refractivity contribution in [1.29, 1.82) is 0 Å². The topological polar surface area (TPSA) is 29.5 Å². The number of amides is 1. The highest BCUT2D eigenvalue weighted by atomic mass is 16.5. The number of hydrogen-bond acceptors (Lipinski definition) is 2. The highest BCUT2D eigenvalue weighted by Gasteiger charge is 2.15. The van der Waals surface area contributed by atoms with Crippen molar-refractivity contribution in [3.63, 3.8) is 0 Å². The van der Waals surface area contributed by atoms with Gasteiger partial charge in [-0.2, -0.15) is 0 Å². The average molecular weight is 259 g/mol. The van der Waals surface area contributed by atoms with Crippen molar-refractivity contribution >= 4 is 12.0 Å². The van der Waals surface area contributed by atoms with E-state index in [4.69, 9.17) is 4.74 Å². The van der Waals surface area contributed by atoms with Gasteiger partial charge in [0.2, 0.25) is 5.91 Å². The zero-order chi connectivity index (χ0) is 13.5. The van der Waals surface area contributed by atoms with Crippen LogP contribution in [0.1, 0.15) is 31.7 Å². The molecule has 0 N–H and O–H groups in total. The summed E-state index contributed by atoms with van der Waals surface area (Å²) < 4.78 is 5.67. The second-order valence-corrected chi connectivity index (χ2v) is 4.75. The van der Waals surface area contributed by atoms with Crippen LogP contribution in [0.15, 0.2) is 30.3 Å². The quantitative estimate of drug-likeness (QED) is 0.760. The van der Waals surface area contributed by atoms with Crippen molar-refractivity contribution in [3.8, 4) is 5.75 Å². The lowest BCUT2D eigenvalue weighted by Gasteiger charge is -2.12.